The van der Waals surface area contributed by atoms with Gasteiger partial charge in [-0.15, -0.1) is 0 Å². The van der Waals surface area contributed by atoms with Crippen LogP contribution in [0.4, 0.5) is 0 Å². The highest BCUT2D eigenvalue weighted by atomic mass is 127. The number of nitrogens with zero attached hydrogens (tertiary/aromatic N) is 1. The Kier molecular flexibility index (Phi) is 6.59. The Hall–Kier alpha value is -0.460. The highest BCUT2D eigenvalue weighted by molar-refractivity contribution is 14.2. The van der Waals surface area contributed by atoms with Gasteiger partial charge in [-0.2, -0.15) is 0 Å². The standard InChI is InChI=1S/C12H14INOS/c1-14(16-13)9-8-12-6-4-11(5-7-12)3-2-10-15/h2-9,15H,10H2,1H3/b3-2+,9-8-. The van der Waals surface area contributed by atoms with E-state index in [0.29, 0.717) is 0 Å². The highest BCUT2D eigenvalue weighted by Gasteiger charge is 1.90. The summed E-state index contributed by atoms with van der Waals surface area (Å²) in [6.07, 6.45) is 7.71. The summed E-state index contributed by atoms with van der Waals surface area (Å²) in [7, 11) is 3.64. The molecule has 0 saturated heterocycles. The Balaban J connectivity index is 2.64. The fourth-order valence-corrected chi connectivity index (χ4v) is 1.62. The summed E-state index contributed by atoms with van der Waals surface area (Å²) >= 11 is 2.24. The van der Waals surface area contributed by atoms with E-state index >= 15 is 0 Å². The molecule has 0 aliphatic heterocycles. The zero-order valence-electron chi connectivity index (χ0n) is 9.01. The van der Waals surface area contributed by atoms with Crippen molar-refractivity contribution in [3.8, 4) is 0 Å². The van der Waals surface area contributed by atoms with Crippen molar-refractivity contribution in [2.24, 2.45) is 0 Å². The molecule has 0 heterocycles. The minimum atomic E-state index is 0.0827. The summed E-state index contributed by atoms with van der Waals surface area (Å²) in [4.78, 5) is 0. The van der Waals surface area contributed by atoms with E-state index in [1.54, 1.807) is 15.2 Å². The molecule has 0 amide bonds. The summed E-state index contributed by atoms with van der Waals surface area (Å²) in [5.41, 5.74) is 2.27. The second-order valence-corrected chi connectivity index (χ2v) is 5.08. The van der Waals surface area contributed by atoms with Crippen LogP contribution in [-0.2, 0) is 0 Å². The van der Waals surface area contributed by atoms with Crippen LogP contribution in [0.25, 0.3) is 12.2 Å². The Morgan fingerprint density at radius 1 is 1.25 bits per heavy atom. The fourth-order valence-electron chi connectivity index (χ4n) is 1.12. The normalized spacial score (nSPS) is 11.4. The van der Waals surface area contributed by atoms with E-state index < -0.39 is 0 Å². The first-order valence-electron chi connectivity index (χ1n) is 4.83. The first-order valence-corrected chi connectivity index (χ1v) is 8.15. The van der Waals surface area contributed by atoms with Crippen molar-refractivity contribution < 1.29 is 5.11 Å². The van der Waals surface area contributed by atoms with Crippen LogP contribution in [0.15, 0.2) is 36.5 Å². The van der Waals surface area contributed by atoms with E-state index in [9.17, 15) is 0 Å². The molecule has 2 nitrogen and oxygen atoms in total. The third-order valence-corrected chi connectivity index (χ3v) is 4.14. The van der Waals surface area contributed by atoms with Gasteiger partial charge in [-0.1, -0.05) is 36.4 Å². The van der Waals surface area contributed by atoms with Gasteiger partial charge in [-0.3, -0.25) is 0 Å². The van der Waals surface area contributed by atoms with E-state index in [-0.39, 0.29) is 6.61 Å². The first kappa shape index (κ1) is 13.6. The highest BCUT2D eigenvalue weighted by Crippen LogP contribution is 2.17. The Bertz CT molecular complexity index is 362. The number of hydrogen-bond donors (Lipinski definition) is 1. The minimum absolute atomic E-state index is 0.0827. The van der Waals surface area contributed by atoms with Gasteiger partial charge in [0.25, 0.3) is 0 Å². The van der Waals surface area contributed by atoms with E-state index in [1.165, 1.54) is 5.56 Å². The van der Waals surface area contributed by atoms with Crippen LogP contribution in [0, 0.1) is 0 Å². The van der Waals surface area contributed by atoms with Gasteiger partial charge in [0.1, 0.15) is 0 Å². The molecule has 0 atom stereocenters. The van der Waals surface area contributed by atoms with Gasteiger partial charge in [0.15, 0.2) is 0 Å². The molecule has 0 radical (unpaired) electrons. The monoisotopic (exact) mass is 347 g/mol. The molecule has 0 aliphatic carbocycles. The average molecular weight is 347 g/mol. The lowest BCUT2D eigenvalue weighted by atomic mass is 10.1. The van der Waals surface area contributed by atoms with Gasteiger partial charge >= 0.3 is 0 Å². The van der Waals surface area contributed by atoms with Gasteiger partial charge in [0, 0.05) is 43.6 Å². The molecular formula is C12H14INOS. The van der Waals surface area contributed by atoms with Crippen LogP contribution in [0.5, 0.6) is 0 Å². The lowest BCUT2D eigenvalue weighted by Crippen LogP contribution is -1.93. The van der Waals surface area contributed by atoms with Crippen molar-refractivity contribution in [1.82, 2.24) is 4.31 Å². The lowest BCUT2D eigenvalue weighted by molar-refractivity contribution is 0.343. The summed E-state index contributed by atoms with van der Waals surface area (Å²) in [6, 6.07) is 8.17. The fraction of sp³-hybridized carbons (Fsp3) is 0.167. The maximum Gasteiger partial charge on any atom is 0.0615 e. The molecule has 1 aromatic carbocycles. The van der Waals surface area contributed by atoms with Crippen LogP contribution in [0.3, 0.4) is 0 Å². The molecule has 16 heavy (non-hydrogen) atoms. The van der Waals surface area contributed by atoms with Crippen LogP contribution in [0.2, 0.25) is 0 Å². The van der Waals surface area contributed by atoms with Gasteiger partial charge < -0.3 is 9.41 Å². The van der Waals surface area contributed by atoms with E-state index in [2.05, 4.69) is 39.4 Å². The van der Waals surface area contributed by atoms with Crippen molar-refractivity contribution in [2.75, 3.05) is 13.7 Å². The molecule has 0 unspecified atom stereocenters. The van der Waals surface area contributed by atoms with Gasteiger partial charge in [0.05, 0.1) is 6.61 Å². The van der Waals surface area contributed by atoms with Crippen molar-refractivity contribution in [3.05, 3.63) is 47.7 Å². The third kappa shape index (κ3) is 5.05. The van der Waals surface area contributed by atoms with Crippen molar-refractivity contribution in [2.45, 2.75) is 0 Å². The molecule has 0 aliphatic rings. The molecular weight excluding hydrogens is 333 g/mol. The second kappa shape index (κ2) is 7.76. The lowest BCUT2D eigenvalue weighted by Gasteiger charge is -2.05. The predicted molar refractivity (Wildman–Crippen MR) is 81.0 cm³/mol. The average Bonchev–Trinajstić information content (AvgIpc) is 2.34. The van der Waals surface area contributed by atoms with Crippen LogP contribution in [0.1, 0.15) is 11.1 Å². The topological polar surface area (TPSA) is 23.5 Å². The number of rotatable bonds is 5. The minimum Gasteiger partial charge on any atom is -0.392 e. The molecule has 0 saturated carbocycles. The SMILES string of the molecule is CN(/C=C\c1ccc(/C=C/CO)cc1)SI. The summed E-state index contributed by atoms with van der Waals surface area (Å²) in [6.45, 7) is 0.0827. The van der Waals surface area contributed by atoms with Crippen LogP contribution >= 0.6 is 30.3 Å². The van der Waals surface area contributed by atoms with E-state index in [1.807, 2.05) is 35.8 Å². The number of benzene rings is 1. The molecule has 0 aromatic heterocycles. The van der Waals surface area contributed by atoms with Gasteiger partial charge in [-0.25, -0.2) is 0 Å². The number of aliphatic hydroxyl groups excluding tert-OH is 1. The summed E-state index contributed by atoms with van der Waals surface area (Å²) in [5, 5.41) is 8.65. The van der Waals surface area contributed by atoms with Crippen molar-refractivity contribution in [1.29, 1.82) is 0 Å². The molecule has 0 bridgehead atoms. The Morgan fingerprint density at radius 2 is 1.81 bits per heavy atom. The van der Waals surface area contributed by atoms with Crippen LogP contribution < -0.4 is 0 Å². The largest absolute Gasteiger partial charge is 0.392 e. The quantitative estimate of drug-likeness (QED) is 0.650. The number of halogens is 1. The van der Waals surface area contributed by atoms with E-state index in [4.69, 9.17) is 5.11 Å². The molecule has 4 heteroatoms. The molecule has 1 aromatic rings. The van der Waals surface area contributed by atoms with E-state index in [0.717, 1.165) is 5.56 Å². The maximum atomic E-state index is 8.65. The molecule has 1 rings (SSSR count). The smallest absolute Gasteiger partial charge is 0.0615 e. The van der Waals surface area contributed by atoms with Crippen molar-refractivity contribution >= 4 is 42.5 Å². The molecule has 86 valence electrons. The summed E-state index contributed by atoms with van der Waals surface area (Å²) < 4.78 is 2.03. The number of hydrogen-bond acceptors (Lipinski definition) is 3. The molecule has 0 spiro atoms. The second-order valence-electron chi connectivity index (χ2n) is 3.18. The van der Waals surface area contributed by atoms with Gasteiger partial charge in [-0.05, 0) is 17.2 Å². The Morgan fingerprint density at radius 3 is 2.31 bits per heavy atom. The molecule has 0 fully saturated rings. The number of aliphatic hydroxyl groups is 1. The van der Waals surface area contributed by atoms with Gasteiger partial charge in [0.2, 0.25) is 0 Å². The summed E-state index contributed by atoms with van der Waals surface area (Å²) in [5.74, 6) is 0. The molecule has 1 N–H and O–H groups in total. The Labute approximate surface area is 113 Å². The third-order valence-electron chi connectivity index (χ3n) is 1.94. The zero-order valence-corrected chi connectivity index (χ0v) is 12.0. The zero-order chi connectivity index (χ0) is 11.8. The first-order chi connectivity index (χ1) is 7.76. The maximum absolute atomic E-state index is 8.65. The predicted octanol–water partition coefficient (Wildman–Crippen LogP) is 3.59. The van der Waals surface area contributed by atoms with Crippen molar-refractivity contribution in [3.63, 3.8) is 0 Å². The van der Waals surface area contributed by atoms with Crippen LogP contribution in [-0.4, -0.2) is 23.1 Å².